The monoisotopic (exact) mass is 464 g/mol. The Balaban J connectivity index is 1.69. The van der Waals surface area contributed by atoms with E-state index >= 15 is 0 Å². The maximum Gasteiger partial charge on any atom is 0.281 e. The third-order valence-electron chi connectivity index (χ3n) is 6.19. The summed E-state index contributed by atoms with van der Waals surface area (Å²) in [5.41, 5.74) is 3.41. The summed E-state index contributed by atoms with van der Waals surface area (Å²) in [5, 5.41) is 4.54. The largest absolute Gasteiger partial charge is 0.382 e. The lowest BCUT2D eigenvalue weighted by molar-refractivity contribution is 0.0142. The average Bonchev–Trinajstić information content (AvgIpc) is 3.17. The molecule has 174 valence electrons. The summed E-state index contributed by atoms with van der Waals surface area (Å²) >= 11 is 0. The van der Waals surface area contributed by atoms with Crippen LogP contribution in [0.25, 0.3) is 11.8 Å². The van der Waals surface area contributed by atoms with Gasteiger partial charge in [-0.05, 0) is 48.7 Å². The normalized spacial score (nSPS) is 21.3. The molecular weight excluding hydrogens is 435 g/mol. The minimum absolute atomic E-state index is 0.296. The molecule has 2 aromatic rings. The van der Waals surface area contributed by atoms with Crippen molar-refractivity contribution in [3.05, 3.63) is 53.1 Å². The van der Waals surface area contributed by atoms with Crippen molar-refractivity contribution in [2.45, 2.75) is 12.8 Å². The number of fused-ring (bicyclic) bond motifs is 2. The van der Waals surface area contributed by atoms with Gasteiger partial charge in [-0.2, -0.15) is 22.1 Å². The lowest BCUT2D eigenvalue weighted by Gasteiger charge is -2.46. The number of halogens is 1. The molecule has 0 spiro atoms. The van der Waals surface area contributed by atoms with E-state index in [4.69, 9.17) is 9.47 Å². The van der Waals surface area contributed by atoms with Crippen LogP contribution in [-0.2, 0) is 26.1 Å². The summed E-state index contributed by atoms with van der Waals surface area (Å²) in [7, 11) is 1.18. The van der Waals surface area contributed by atoms with E-state index in [9.17, 15) is 12.8 Å². The molecule has 1 saturated heterocycles. The molecule has 1 atom stereocenters. The molecule has 2 aliphatic rings. The van der Waals surface area contributed by atoms with E-state index in [0.29, 0.717) is 45.8 Å². The molecule has 1 aliphatic heterocycles. The quantitative estimate of drug-likeness (QED) is 0.560. The Morgan fingerprint density at radius 3 is 2.66 bits per heavy atom. The van der Waals surface area contributed by atoms with Crippen molar-refractivity contribution in [1.29, 1.82) is 0 Å². The highest BCUT2D eigenvalue weighted by Crippen LogP contribution is 2.45. The highest BCUT2D eigenvalue weighted by molar-refractivity contribution is 7.86. The summed E-state index contributed by atoms with van der Waals surface area (Å²) < 4.78 is 54.8. The first-order valence-corrected chi connectivity index (χ1v) is 11.9. The fourth-order valence-electron chi connectivity index (χ4n) is 4.45. The van der Waals surface area contributed by atoms with Gasteiger partial charge in [-0.1, -0.05) is 5.57 Å². The van der Waals surface area contributed by atoms with Crippen molar-refractivity contribution in [3.8, 4) is 5.69 Å². The van der Waals surface area contributed by atoms with Crippen molar-refractivity contribution in [2.75, 3.05) is 54.1 Å². The SMILES string of the molecule is COCCOC[C@]12Cc3cnn(-c4ccc(F)cc4)c3C=C1CCN(S(=O)(=O)N(C)C)C2. The van der Waals surface area contributed by atoms with E-state index < -0.39 is 15.6 Å². The molecule has 10 heteroatoms. The molecular formula is C22H29FN4O4S. The van der Waals surface area contributed by atoms with E-state index in [1.807, 2.05) is 6.20 Å². The highest BCUT2D eigenvalue weighted by atomic mass is 32.2. The first-order valence-electron chi connectivity index (χ1n) is 10.5. The zero-order valence-electron chi connectivity index (χ0n) is 18.6. The fraction of sp³-hybridized carbons (Fsp3) is 0.500. The number of aromatic nitrogens is 2. The van der Waals surface area contributed by atoms with Gasteiger partial charge in [0.05, 0.1) is 37.4 Å². The summed E-state index contributed by atoms with van der Waals surface area (Å²) in [6, 6.07) is 6.22. The molecule has 1 aromatic heterocycles. The third kappa shape index (κ3) is 4.25. The van der Waals surface area contributed by atoms with Gasteiger partial charge in [-0.15, -0.1) is 0 Å². The fourth-order valence-corrected chi connectivity index (χ4v) is 5.64. The van der Waals surface area contributed by atoms with Crippen LogP contribution in [0.15, 0.2) is 36.0 Å². The maximum absolute atomic E-state index is 13.4. The first kappa shape index (κ1) is 23.1. The number of piperidine rings is 1. The van der Waals surface area contributed by atoms with Gasteiger partial charge in [-0.3, -0.25) is 0 Å². The van der Waals surface area contributed by atoms with Gasteiger partial charge in [0.1, 0.15) is 5.82 Å². The van der Waals surface area contributed by atoms with E-state index in [1.54, 1.807) is 42.3 Å². The van der Waals surface area contributed by atoms with Crippen LogP contribution in [0.5, 0.6) is 0 Å². The highest BCUT2D eigenvalue weighted by Gasteiger charge is 2.46. The second-order valence-corrected chi connectivity index (χ2v) is 10.6. The second kappa shape index (κ2) is 9.03. The molecule has 1 aliphatic carbocycles. The van der Waals surface area contributed by atoms with Gasteiger partial charge < -0.3 is 9.47 Å². The zero-order valence-corrected chi connectivity index (χ0v) is 19.4. The predicted octanol–water partition coefficient (Wildman–Crippen LogP) is 2.11. The Hall–Kier alpha value is -2.11. The number of methoxy groups -OCH3 is 1. The van der Waals surface area contributed by atoms with Crippen LogP contribution in [0.4, 0.5) is 4.39 Å². The first-order chi connectivity index (χ1) is 15.3. The Morgan fingerprint density at radius 1 is 1.22 bits per heavy atom. The van der Waals surface area contributed by atoms with Crippen LogP contribution < -0.4 is 0 Å². The number of nitrogens with zero attached hydrogens (tertiary/aromatic N) is 4. The third-order valence-corrected chi connectivity index (χ3v) is 8.07. The lowest BCUT2D eigenvalue weighted by Crippen LogP contribution is -2.53. The van der Waals surface area contributed by atoms with Gasteiger partial charge in [0.2, 0.25) is 0 Å². The topological polar surface area (TPSA) is 76.9 Å². The molecule has 0 amide bonds. The van der Waals surface area contributed by atoms with Gasteiger partial charge in [-0.25, -0.2) is 9.07 Å². The lowest BCUT2D eigenvalue weighted by atomic mass is 9.69. The van der Waals surface area contributed by atoms with Crippen molar-refractivity contribution >= 4 is 16.3 Å². The predicted molar refractivity (Wildman–Crippen MR) is 119 cm³/mol. The van der Waals surface area contributed by atoms with E-state index in [1.165, 1.54) is 16.4 Å². The Bertz CT molecular complexity index is 1100. The smallest absolute Gasteiger partial charge is 0.281 e. The molecule has 4 rings (SSSR count). The van der Waals surface area contributed by atoms with Crippen molar-refractivity contribution < 1.29 is 22.3 Å². The van der Waals surface area contributed by atoms with Gasteiger partial charge in [0, 0.05) is 39.7 Å². The maximum atomic E-state index is 13.4. The van der Waals surface area contributed by atoms with Crippen LogP contribution >= 0.6 is 0 Å². The summed E-state index contributed by atoms with van der Waals surface area (Å²) in [6.45, 7) is 2.05. The molecule has 32 heavy (non-hydrogen) atoms. The van der Waals surface area contributed by atoms with E-state index in [-0.39, 0.29) is 5.82 Å². The molecule has 1 fully saturated rings. The standard InChI is InChI=1S/C22H29FN4O4S/c1-25(2)32(28,29)26-9-8-18-12-21-17(13-22(18,15-26)16-31-11-10-30-3)14-24-27(21)20-6-4-19(23)5-7-20/h4-7,12,14H,8-11,13,15-16H2,1-3H3/t22-/m1/s1. The van der Waals surface area contributed by atoms with Gasteiger partial charge in [0.15, 0.2) is 0 Å². The molecule has 0 radical (unpaired) electrons. The number of benzene rings is 1. The van der Waals surface area contributed by atoms with Crippen molar-refractivity contribution in [2.24, 2.45) is 5.41 Å². The van der Waals surface area contributed by atoms with Crippen LogP contribution in [0.2, 0.25) is 0 Å². The number of rotatable bonds is 8. The van der Waals surface area contributed by atoms with Crippen LogP contribution in [0.3, 0.4) is 0 Å². The van der Waals surface area contributed by atoms with Crippen LogP contribution in [0, 0.1) is 11.2 Å². The molecule has 2 heterocycles. The molecule has 0 N–H and O–H groups in total. The summed E-state index contributed by atoms with van der Waals surface area (Å²) in [5.74, 6) is -0.296. The summed E-state index contributed by atoms with van der Waals surface area (Å²) in [4.78, 5) is 0. The minimum atomic E-state index is -3.54. The molecule has 0 bridgehead atoms. The van der Waals surface area contributed by atoms with Crippen LogP contribution in [0.1, 0.15) is 17.7 Å². The van der Waals surface area contributed by atoms with E-state index in [2.05, 4.69) is 11.2 Å². The molecule has 0 unspecified atom stereocenters. The minimum Gasteiger partial charge on any atom is -0.382 e. The van der Waals surface area contributed by atoms with Crippen molar-refractivity contribution in [1.82, 2.24) is 18.4 Å². The number of hydrogen-bond donors (Lipinski definition) is 0. The molecule has 1 aromatic carbocycles. The Kier molecular flexibility index (Phi) is 6.51. The zero-order chi connectivity index (χ0) is 22.9. The van der Waals surface area contributed by atoms with Gasteiger partial charge in [0.25, 0.3) is 10.2 Å². The number of hydrogen-bond acceptors (Lipinski definition) is 5. The van der Waals surface area contributed by atoms with E-state index in [0.717, 1.165) is 22.5 Å². The van der Waals surface area contributed by atoms with Crippen molar-refractivity contribution in [3.63, 3.8) is 0 Å². The van der Waals surface area contributed by atoms with Crippen LogP contribution in [-0.4, -0.2) is 80.9 Å². The number of ether oxygens (including phenoxy) is 2. The Labute approximate surface area is 188 Å². The second-order valence-electron chi connectivity index (χ2n) is 8.49. The average molecular weight is 465 g/mol. The van der Waals surface area contributed by atoms with Gasteiger partial charge >= 0.3 is 0 Å². The Morgan fingerprint density at radius 2 is 1.97 bits per heavy atom. The summed E-state index contributed by atoms with van der Waals surface area (Å²) in [6.07, 6.45) is 5.13. The molecule has 0 saturated carbocycles. The molecule has 8 nitrogen and oxygen atoms in total.